The van der Waals surface area contributed by atoms with E-state index >= 15 is 0 Å². The zero-order chi connectivity index (χ0) is 13.0. The Morgan fingerprint density at radius 3 is 2.82 bits per heavy atom. The van der Waals surface area contributed by atoms with Gasteiger partial charge in [-0.15, -0.1) is 0 Å². The minimum atomic E-state index is -1.36. The molecule has 0 aliphatic heterocycles. The molecular formula is C11H14FNO4. The quantitative estimate of drug-likeness (QED) is 0.594. The van der Waals surface area contributed by atoms with E-state index in [2.05, 4.69) is 9.72 Å². The van der Waals surface area contributed by atoms with E-state index in [0.29, 0.717) is 5.56 Å². The first-order valence-corrected chi connectivity index (χ1v) is 5.00. The van der Waals surface area contributed by atoms with Crippen molar-refractivity contribution in [1.29, 1.82) is 0 Å². The number of aliphatic hydroxyl groups excluding tert-OH is 2. The van der Waals surface area contributed by atoms with E-state index in [1.165, 1.54) is 13.3 Å². The number of nitrogens with zero attached hydrogens (tertiary/aromatic N) is 1. The van der Waals surface area contributed by atoms with E-state index < -0.39 is 24.1 Å². The molecule has 0 fully saturated rings. The van der Waals surface area contributed by atoms with Crippen molar-refractivity contribution in [1.82, 2.24) is 4.98 Å². The molecule has 0 spiro atoms. The summed E-state index contributed by atoms with van der Waals surface area (Å²) in [4.78, 5) is 14.3. The Balaban J connectivity index is 2.84. The highest BCUT2D eigenvalue weighted by Gasteiger charge is 2.23. The van der Waals surface area contributed by atoms with Crippen LogP contribution in [-0.2, 0) is 9.53 Å². The summed E-state index contributed by atoms with van der Waals surface area (Å²) in [5.74, 6) is -1.40. The van der Waals surface area contributed by atoms with Gasteiger partial charge in [-0.3, -0.25) is 4.79 Å². The van der Waals surface area contributed by atoms with Gasteiger partial charge < -0.3 is 14.9 Å². The zero-order valence-corrected chi connectivity index (χ0v) is 9.55. The molecule has 0 radical (unpaired) electrons. The van der Waals surface area contributed by atoms with Crippen LogP contribution >= 0.6 is 0 Å². The smallest absolute Gasteiger partial charge is 0.308 e. The van der Waals surface area contributed by atoms with Crippen LogP contribution in [0.3, 0.4) is 0 Å². The fourth-order valence-corrected chi connectivity index (χ4v) is 1.40. The molecule has 1 aromatic rings. The Hall–Kier alpha value is -1.53. The monoisotopic (exact) mass is 243 g/mol. The standard InChI is InChI=1S/C11H14FNO4/c1-6-5-13-9(12)3-7(6)11(16)8(14)4-10(15)17-2/h3,5,8,11,14,16H,4H2,1-2H3. The second-order valence-corrected chi connectivity index (χ2v) is 3.66. The van der Waals surface area contributed by atoms with Crippen LogP contribution < -0.4 is 0 Å². The van der Waals surface area contributed by atoms with Crippen molar-refractivity contribution in [2.24, 2.45) is 0 Å². The van der Waals surface area contributed by atoms with Crippen molar-refractivity contribution in [2.75, 3.05) is 7.11 Å². The Kier molecular flexibility index (Phi) is 4.53. The van der Waals surface area contributed by atoms with Crippen LogP contribution in [0.1, 0.15) is 23.7 Å². The second kappa shape index (κ2) is 5.70. The minimum Gasteiger partial charge on any atom is -0.469 e. The lowest BCUT2D eigenvalue weighted by Gasteiger charge is -2.18. The number of hydrogen-bond acceptors (Lipinski definition) is 5. The Labute approximate surface area is 97.9 Å². The topological polar surface area (TPSA) is 79.7 Å². The number of aliphatic hydroxyl groups is 2. The number of carbonyl (C=O) groups excluding carboxylic acids is 1. The van der Waals surface area contributed by atoms with Crippen LogP contribution in [0.25, 0.3) is 0 Å². The summed E-state index contributed by atoms with van der Waals surface area (Å²) in [6, 6.07) is 1.03. The molecule has 2 unspecified atom stereocenters. The van der Waals surface area contributed by atoms with E-state index in [9.17, 15) is 19.4 Å². The van der Waals surface area contributed by atoms with Crippen LogP contribution in [0.4, 0.5) is 4.39 Å². The highest BCUT2D eigenvalue weighted by Crippen LogP contribution is 2.22. The molecule has 5 nitrogen and oxygen atoms in total. The number of ether oxygens (including phenoxy) is 1. The summed E-state index contributed by atoms with van der Waals surface area (Å²) in [5.41, 5.74) is 0.733. The van der Waals surface area contributed by atoms with Gasteiger partial charge in [0, 0.05) is 6.20 Å². The lowest BCUT2D eigenvalue weighted by Crippen LogP contribution is -2.23. The normalized spacial score (nSPS) is 14.2. The molecule has 0 aliphatic rings. The third-order valence-corrected chi connectivity index (χ3v) is 2.40. The van der Waals surface area contributed by atoms with Gasteiger partial charge in [0.1, 0.15) is 6.10 Å². The minimum absolute atomic E-state index is 0.203. The maximum Gasteiger partial charge on any atom is 0.308 e. The van der Waals surface area contributed by atoms with E-state index in [1.807, 2.05) is 0 Å². The van der Waals surface area contributed by atoms with Crippen LogP contribution in [0.15, 0.2) is 12.3 Å². The number of rotatable bonds is 4. The third-order valence-electron chi connectivity index (χ3n) is 2.40. The lowest BCUT2D eigenvalue weighted by molar-refractivity contribution is -0.144. The van der Waals surface area contributed by atoms with E-state index in [1.54, 1.807) is 6.92 Å². The van der Waals surface area contributed by atoms with Crippen molar-refractivity contribution in [2.45, 2.75) is 25.6 Å². The largest absolute Gasteiger partial charge is 0.469 e. The van der Waals surface area contributed by atoms with Crippen molar-refractivity contribution in [3.05, 3.63) is 29.3 Å². The molecule has 1 heterocycles. The number of carbonyl (C=O) groups is 1. The first kappa shape index (κ1) is 13.5. The molecule has 0 aliphatic carbocycles. The van der Waals surface area contributed by atoms with Crippen LogP contribution in [0.2, 0.25) is 0 Å². The average molecular weight is 243 g/mol. The van der Waals surface area contributed by atoms with Gasteiger partial charge in [-0.1, -0.05) is 0 Å². The summed E-state index contributed by atoms with van der Waals surface area (Å²) >= 11 is 0. The molecule has 6 heteroatoms. The first-order valence-electron chi connectivity index (χ1n) is 5.00. The number of hydrogen-bond donors (Lipinski definition) is 2. The van der Waals surface area contributed by atoms with Gasteiger partial charge in [-0.05, 0) is 24.1 Å². The van der Waals surface area contributed by atoms with Crippen LogP contribution in [0, 0.1) is 12.9 Å². The fourth-order valence-electron chi connectivity index (χ4n) is 1.40. The molecule has 2 N–H and O–H groups in total. The fraction of sp³-hybridized carbons (Fsp3) is 0.455. The van der Waals surface area contributed by atoms with Gasteiger partial charge in [-0.25, -0.2) is 4.98 Å². The van der Waals surface area contributed by atoms with Gasteiger partial charge in [-0.2, -0.15) is 4.39 Å². The molecule has 0 saturated carbocycles. The molecule has 17 heavy (non-hydrogen) atoms. The van der Waals surface area contributed by atoms with Crippen molar-refractivity contribution < 1.29 is 24.1 Å². The maximum atomic E-state index is 12.9. The average Bonchev–Trinajstić information content (AvgIpc) is 2.31. The van der Waals surface area contributed by atoms with Crippen molar-refractivity contribution in [3.8, 4) is 0 Å². The van der Waals surface area contributed by atoms with Gasteiger partial charge in [0.2, 0.25) is 5.95 Å². The highest BCUT2D eigenvalue weighted by atomic mass is 19.1. The molecule has 2 atom stereocenters. The molecule has 94 valence electrons. The SMILES string of the molecule is COC(=O)CC(O)C(O)c1cc(F)ncc1C. The third kappa shape index (κ3) is 3.47. The maximum absolute atomic E-state index is 12.9. The van der Waals surface area contributed by atoms with Crippen LogP contribution in [0.5, 0.6) is 0 Å². The number of halogens is 1. The molecule has 1 rings (SSSR count). The zero-order valence-electron chi connectivity index (χ0n) is 9.55. The van der Waals surface area contributed by atoms with E-state index in [0.717, 1.165) is 6.07 Å². The predicted molar refractivity (Wildman–Crippen MR) is 56.5 cm³/mol. The van der Waals surface area contributed by atoms with E-state index in [-0.39, 0.29) is 12.0 Å². The number of aryl methyl sites for hydroxylation is 1. The van der Waals surface area contributed by atoms with E-state index in [4.69, 9.17) is 0 Å². The molecule has 0 amide bonds. The first-order chi connectivity index (χ1) is 7.95. The summed E-state index contributed by atoms with van der Waals surface area (Å²) in [6.45, 7) is 1.62. The Morgan fingerprint density at radius 1 is 1.59 bits per heavy atom. The van der Waals surface area contributed by atoms with Crippen LogP contribution in [-0.4, -0.2) is 34.4 Å². The Bertz CT molecular complexity index is 410. The summed E-state index contributed by atoms with van der Waals surface area (Å²) in [7, 11) is 1.18. The Morgan fingerprint density at radius 2 is 2.24 bits per heavy atom. The molecule has 0 aromatic carbocycles. The summed E-state index contributed by atoms with van der Waals surface area (Å²) < 4.78 is 17.3. The van der Waals surface area contributed by atoms with Gasteiger partial charge in [0.25, 0.3) is 0 Å². The molecule has 0 saturated heterocycles. The number of esters is 1. The summed E-state index contributed by atoms with van der Waals surface area (Å²) in [6.07, 6.45) is -1.81. The summed E-state index contributed by atoms with van der Waals surface area (Å²) in [5, 5.41) is 19.4. The molecular weight excluding hydrogens is 229 g/mol. The predicted octanol–water partition coefficient (Wildman–Crippen LogP) is 0.487. The molecule has 0 bridgehead atoms. The number of pyridine rings is 1. The number of methoxy groups -OCH3 is 1. The lowest BCUT2D eigenvalue weighted by atomic mass is 9.99. The molecule has 1 aromatic heterocycles. The van der Waals surface area contributed by atoms with Gasteiger partial charge in [0.15, 0.2) is 0 Å². The van der Waals surface area contributed by atoms with Crippen molar-refractivity contribution >= 4 is 5.97 Å². The van der Waals surface area contributed by atoms with Gasteiger partial charge in [0.05, 0.1) is 19.6 Å². The number of aromatic nitrogens is 1. The highest BCUT2D eigenvalue weighted by molar-refractivity contribution is 5.69. The van der Waals surface area contributed by atoms with Crippen molar-refractivity contribution in [3.63, 3.8) is 0 Å². The second-order valence-electron chi connectivity index (χ2n) is 3.66. The van der Waals surface area contributed by atoms with Gasteiger partial charge >= 0.3 is 5.97 Å².